The molecule has 0 spiro atoms. The molecule has 53 heavy (non-hydrogen) atoms. The third-order valence-electron chi connectivity index (χ3n) is 9.09. The fourth-order valence-corrected chi connectivity index (χ4v) is 7.98. The topological polar surface area (TPSA) is 166 Å². The molecule has 1 heterocycles. The van der Waals surface area contributed by atoms with Crippen LogP contribution in [0.25, 0.3) is 10.8 Å². The van der Waals surface area contributed by atoms with E-state index in [1.165, 1.54) is 25.3 Å². The number of benzene rings is 4. The largest absolute Gasteiger partial charge is 0.530 e. The van der Waals surface area contributed by atoms with Gasteiger partial charge < -0.3 is 38.4 Å². The highest BCUT2D eigenvalue weighted by Gasteiger charge is 2.42. The quantitative estimate of drug-likeness (QED) is 0.0772. The zero-order valence-corrected chi connectivity index (χ0v) is 31.2. The van der Waals surface area contributed by atoms with Gasteiger partial charge in [0.1, 0.15) is 23.0 Å². The molecule has 4 aromatic carbocycles. The lowest BCUT2D eigenvalue weighted by atomic mass is 9.80. The summed E-state index contributed by atoms with van der Waals surface area (Å²) in [4.78, 5) is 28.3. The third kappa shape index (κ3) is 7.83. The van der Waals surface area contributed by atoms with Gasteiger partial charge in [0.05, 0.1) is 50.3 Å². The molecule has 4 aromatic rings. The van der Waals surface area contributed by atoms with E-state index in [0.29, 0.717) is 31.8 Å². The Hall–Kier alpha value is -4.33. The highest BCUT2D eigenvalue weighted by Crippen LogP contribution is 2.52. The summed E-state index contributed by atoms with van der Waals surface area (Å²) in [5, 5.41) is 23.7. The number of phosphoric ester groups is 1. The van der Waals surface area contributed by atoms with Gasteiger partial charge in [-0.1, -0.05) is 30.3 Å². The van der Waals surface area contributed by atoms with Gasteiger partial charge >= 0.3 is 7.82 Å². The molecule has 1 aliphatic carbocycles. The first kappa shape index (κ1) is 38.4. The maximum atomic E-state index is 14.2. The van der Waals surface area contributed by atoms with Crippen LogP contribution in [0, 0.1) is 6.92 Å². The zero-order chi connectivity index (χ0) is 37.9. The standard InChI is InChI=1S/C39H43O13P/c1-6-50-53(44,51-7-2)52-28-15-26-17-29-34(38(43)33-30(36(29)41)18-31(47-22-45-5)24(4)35(33)40)37(42)32(26)27(16-28)20-39(48-13-14-49-39)19-23(3)46-21-25-11-9-8-10-12-25/h8-12,15-18,23,40,42H,6-7,13-14,19-22H2,1-5H3. The van der Waals surface area contributed by atoms with Crippen LogP contribution in [0.1, 0.15) is 75.7 Å². The van der Waals surface area contributed by atoms with Crippen molar-refractivity contribution in [3.8, 4) is 23.0 Å². The lowest BCUT2D eigenvalue weighted by Crippen LogP contribution is -2.37. The van der Waals surface area contributed by atoms with Gasteiger partial charge in [0.2, 0.25) is 5.78 Å². The number of hydrogen-bond acceptors (Lipinski definition) is 13. The summed E-state index contributed by atoms with van der Waals surface area (Å²) < 4.78 is 59.4. The van der Waals surface area contributed by atoms with E-state index in [0.717, 1.165) is 5.56 Å². The number of phenols is 2. The van der Waals surface area contributed by atoms with Crippen molar-refractivity contribution in [3.05, 3.63) is 93.5 Å². The Morgan fingerprint density at radius 1 is 0.906 bits per heavy atom. The van der Waals surface area contributed by atoms with E-state index in [-0.39, 0.29) is 82.6 Å². The SMILES string of the molecule is CCOP(=O)(OCC)Oc1cc(CC2(CC(C)OCc3ccccc3)OCCO2)c2c(O)c3c(cc2c1)C(=O)c1cc(OCOC)c(C)c(O)c1C3=O. The highest BCUT2D eigenvalue weighted by atomic mass is 31.2. The minimum Gasteiger partial charge on any atom is -0.507 e. The molecule has 0 bridgehead atoms. The number of phenolic OH excluding ortho intramolecular Hbond substituents is 2. The van der Waals surface area contributed by atoms with E-state index < -0.39 is 36.7 Å². The number of carbonyl (C=O) groups is 2. The van der Waals surface area contributed by atoms with Gasteiger partial charge in [0.25, 0.3) is 0 Å². The Morgan fingerprint density at radius 3 is 2.23 bits per heavy atom. The number of hydrogen-bond donors (Lipinski definition) is 2. The minimum atomic E-state index is -4.10. The second kappa shape index (κ2) is 16.0. The normalized spacial score (nSPS) is 15.7. The third-order valence-corrected chi connectivity index (χ3v) is 10.7. The zero-order valence-electron chi connectivity index (χ0n) is 30.3. The number of methoxy groups -OCH3 is 1. The van der Waals surface area contributed by atoms with Crippen molar-refractivity contribution < 1.29 is 61.6 Å². The van der Waals surface area contributed by atoms with Crippen molar-refractivity contribution in [2.75, 3.05) is 40.3 Å². The van der Waals surface area contributed by atoms with Crippen molar-refractivity contribution in [2.45, 2.75) is 59.0 Å². The number of aromatic hydroxyl groups is 2. The highest BCUT2D eigenvalue weighted by molar-refractivity contribution is 7.48. The van der Waals surface area contributed by atoms with Crippen LogP contribution in [0.15, 0.2) is 54.6 Å². The summed E-state index contributed by atoms with van der Waals surface area (Å²) >= 11 is 0. The average Bonchev–Trinajstić information content (AvgIpc) is 3.57. The van der Waals surface area contributed by atoms with E-state index in [9.17, 15) is 24.4 Å². The van der Waals surface area contributed by atoms with Crippen LogP contribution in [0.4, 0.5) is 0 Å². The predicted octanol–water partition coefficient (Wildman–Crippen LogP) is 7.16. The van der Waals surface area contributed by atoms with Gasteiger partial charge in [-0.3, -0.25) is 18.6 Å². The number of ether oxygens (including phenoxy) is 5. The van der Waals surface area contributed by atoms with Crippen molar-refractivity contribution in [1.82, 2.24) is 0 Å². The number of fused-ring (bicyclic) bond motifs is 3. The van der Waals surface area contributed by atoms with Crippen LogP contribution in [0.3, 0.4) is 0 Å². The van der Waals surface area contributed by atoms with Crippen LogP contribution in [-0.4, -0.2) is 74.0 Å². The number of carbonyl (C=O) groups excluding carboxylic acids is 2. The molecule has 1 unspecified atom stereocenters. The van der Waals surface area contributed by atoms with Crippen molar-refractivity contribution in [1.29, 1.82) is 0 Å². The van der Waals surface area contributed by atoms with Gasteiger partial charge in [-0.25, -0.2) is 4.57 Å². The Balaban J connectivity index is 1.47. The molecular weight excluding hydrogens is 707 g/mol. The molecule has 0 aromatic heterocycles. The monoisotopic (exact) mass is 750 g/mol. The molecule has 1 aliphatic heterocycles. The summed E-state index contributed by atoms with van der Waals surface area (Å²) in [6, 6.07) is 15.6. The number of rotatable bonds is 16. The fraction of sp³-hybridized carbons (Fsp3) is 0.385. The Labute approximate surface area is 307 Å². The summed E-state index contributed by atoms with van der Waals surface area (Å²) in [5.41, 5.74) is 0.879. The Morgan fingerprint density at radius 2 is 1.57 bits per heavy atom. The molecule has 6 rings (SSSR count). The first-order valence-corrected chi connectivity index (χ1v) is 18.8. The van der Waals surface area contributed by atoms with E-state index in [1.54, 1.807) is 26.8 Å². The second-order valence-electron chi connectivity index (χ2n) is 12.8. The fourth-order valence-electron chi connectivity index (χ4n) is 6.80. The first-order chi connectivity index (χ1) is 25.4. The van der Waals surface area contributed by atoms with Crippen molar-refractivity contribution in [3.63, 3.8) is 0 Å². The molecule has 13 nitrogen and oxygen atoms in total. The number of ketones is 2. The molecule has 0 saturated carbocycles. The molecule has 282 valence electrons. The van der Waals surface area contributed by atoms with Gasteiger partial charge in [0.15, 0.2) is 18.4 Å². The van der Waals surface area contributed by atoms with Crippen molar-refractivity contribution >= 4 is 30.2 Å². The maximum Gasteiger partial charge on any atom is 0.530 e. The van der Waals surface area contributed by atoms with Gasteiger partial charge in [-0.2, -0.15) is 0 Å². The summed E-state index contributed by atoms with van der Waals surface area (Å²) in [6.45, 7) is 7.62. The predicted molar refractivity (Wildman–Crippen MR) is 193 cm³/mol. The molecule has 14 heteroatoms. The Kier molecular flexibility index (Phi) is 11.6. The molecule has 1 atom stereocenters. The van der Waals surface area contributed by atoms with E-state index in [1.807, 2.05) is 37.3 Å². The second-order valence-corrected chi connectivity index (χ2v) is 14.4. The number of phosphoric acid groups is 1. The summed E-state index contributed by atoms with van der Waals surface area (Å²) in [6.07, 6.45) is -0.0146. The van der Waals surface area contributed by atoms with E-state index >= 15 is 0 Å². The van der Waals surface area contributed by atoms with Crippen LogP contribution in [0.2, 0.25) is 0 Å². The van der Waals surface area contributed by atoms with Crippen LogP contribution in [-0.2, 0) is 45.6 Å². The van der Waals surface area contributed by atoms with Crippen molar-refractivity contribution in [2.24, 2.45) is 0 Å². The molecule has 2 N–H and O–H groups in total. The summed E-state index contributed by atoms with van der Waals surface area (Å²) in [7, 11) is -2.67. The maximum absolute atomic E-state index is 14.2. The van der Waals surface area contributed by atoms with Gasteiger partial charge in [-0.05, 0) is 68.5 Å². The molecule has 2 aliphatic rings. The Bertz CT molecular complexity index is 2050. The molecule has 1 saturated heterocycles. The van der Waals surface area contributed by atoms with Crippen LogP contribution >= 0.6 is 7.82 Å². The molecule has 0 radical (unpaired) electrons. The summed E-state index contributed by atoms with van der Waals surface area (Å²) in [5.74, 6) is -3.33. The van der Waals surface area contributed by atoms with Gasteiger partial charge in [0, 0.05) is 42.0 Å². The first-order valence-electron chi connectivity index (χ1n) is 17.4. The van der Waals surface area contributed by atoms with Crippen LogP contribution in [0.5, 0.6) is 23.0 Å². The van der Waals surface area contributed by atoms with E-state index in [2.05, 4.69) is 0 Å². The minimum absolute atomic E-state index is 0.0307. The smallest absolute Gasteiger partial charge is 0.507 e. The molecular formula is C39H43O13P. The lowest BCUT2D eigenvalue weighted by molar-refractivity contribution is -0.180. The van der Waals surface area contributed by atoms with E-state index in [4.69, 9.17) is 37.3 Å². The average molecular weight is 751 g/mol. The van der Waals surface area contributed by atoms with Gasteiger partial charge in [-0.15, -0.1) is 0 Å². The van der Waals surface area contributed by atoms with Crippen LogP contribution < -0.4 is 9.26 Å². The molecule has 0 amide bonds. The lowest BCUT2D eigenvalue weighted by Gasteiger charge is -2.31. The molecule has 1 fully saturated rings.